The summed E-state index contributed by atoms with van der Waals surface area (Å²) < 4.78 is 23.9. The van der Waals surface area contributed by atoms with Crippen LogP contribution in [0.1, 0.15) is 71.6 Å². The van der Waals surface area contributed by atoms with Crippen molar-refractivity contribution in [3.05, 3.63) is 0 Å². The van der Waals surface area contributed by atoms with Gasteiger partial charge in [0.2, 0.25) is 0 Å². The Morgan fingerprint density at radius 2 is 1.16 bits per heavy atom. The number of aliphatic hydroxyl groups excluding tert-OH is 8. The summed E-state index contributed by atoms with van der Waals surface area (Å²) in [4.78, 5) is 0. The minimum absolute atomic E-state index is 0.105. The van der Waals surface area contributed by atoms with E-state index in [0.29, 0.717) is 23.7 Å². The third-order valence-electron chi connectivity index (χ3n) is 12.9. The molecule has 0 unspecified atom stereocenters. The minimum atomic E-state index is -1.45. The molecule has 6 rings (SSSR count). The zero-order valence-corrected chi connectivity index (χ0v) is 25.2. The lowest BCUT2D eigenvalue weighted by molar-refractivity contribution is -0.320. The van der Waals surface area contributed by atoms with Crippen LogP contribution >= 0.6 is 0 Å². The number of rotatable bonds is 6. The van der Waals surface area contributed by atoms with Gasteiger partial charge in [-0.25, -0.2) is 0 Å². The van der Waals surface area contributed by atoms with Crippen LogP contribution in [0.2, 0.25) is 0 Å². The maximum absolute atomic E-state index is 10.6. The SMILES string of the molecule is C[C@]12CC[C@H](O[C@H]3O[C@H](CO)[C@@H](O)[C@H](O)[C@@H]3O)C[C@@H]1CC[C@@H]1[C@@H]2CC[C@]2(C)[C@@H](O[C@H]3O[C@H](CO)[C@@H](O)[C@H](O)[C@@H]3O)CC[C@@H]12. The number of aliphatic hydroxyl groups is 8. The van der Waals surface area contributed by atoms with Gasteiger partial charge in [-0.05, 0) is 92.3 Å². The zero-order chi connectivity index (χ0) is 30.8. The van der Waals surface area contributed by atoms with Gasteiger partial charge in [-0.1, -0.05) is 13.8 Å². The Bertz CT molecular complexity index is 967. The van der Waals surface area contributed by atoms with Crippen LogP contribution in [0.5, 0.6) is 0 Å². The molecule has 0 amide bonds. The minimum Gasteiger partial charge on any atom is -0.394 e. The maximum atomic E-state index is 10.6. The fourth-order valence-electron chi connectivity index (χ4n) is 10.2. The molecule has 4 aliphatic carbocycles. The molecule has 12 nitrogen and oxygen atoms in total. The molecule has 18 atom stereocenters. The molecule has 0 aromatic rings. The molecule has 43 heavy (non-hydrogen) atoms. The van der Waals surface area contributed by atoms with Crippen LogP contribution in [-0.2, 0) is 18.9 Å². The Balaban J connectivity index is 1.09. The van der Waals surface area contributed by atoms with E-state index in [9.17, 15) is 40.9 Å². The Labute approximate surface area is 252 Å². The van der Waals surface area contributed by atoms with E-state index in [1.54, 1.807) is 0 Å². The molecule has 0 radical (unpaired) electrons. The molecule has 2 saturated heterocycles. The third kappa shape index (κ3) is 5.41. The smallest absolute Gasteiger partial charge is 0.186 e. The summed E-state index contributed by atoms with van der Waals surface area (Å²) in [7, 11) is 0. The lowest BCUT2D eigenvalue weighted by atomic mass is 9.45. The third-order valence-corrected chi connectivity index (χ3v) is 12.9. The average molecular weight is 617 g/mol. The van der Waals surface area contributed by atoms with Crippen LogP contribution < -0.4 is 0 Å². The molecular formula is C31H52O12. The second-order valence-electron chi connectivity index (χ2n) is 14.8. The fourth-order valence-corrected chi connectivity index (χ4v) is 10.2. The summed E-state index contributed by atoms with van der Waals surface area (Å²) in [5.74, 6) is 2.01. The maximum Gasteiger partial charge on any atom is 0.186 e. The second kappa shape index (κ2) is 12.3. The zero-order valence-electron chi connectivity index (χ0n) is 25.2. The van der Waals surface area contributed by atoms with Crippen molar-refractivity contribution in [3.63, 3.8) is 0 Å². The van der Waals surface area contributed by atoms with E-state index in [4.69, 9.17) is 18.9 Å². The van der Waals surface area contributed by atoms with Crippen LogP contribution in [0.3, 0.4) is 0 Å². The van der Waals surface area contributed by atoms with Crippen molar-refractivity contribution in [2.24, 2.45) is 34.5 Å². The van der Waals surface area contributed by atoms with Gasteiger partial charge in [0.25, 0.3) is 0 Å². The molecular weight excluding hydrogens is 564 g/mol. The van der Waals surface area contributed by atoms with E-state index in [1.165, 1.54) is 0 Å². The van der Waals surface area contributed by atoms with E-state index < -0.39 is 74.6 Å². The molecule has 0 spiro atoms. The first kappa shape index (κ1) is 32.5. The first-order chi connectivity index (χ1) is 20.4. The fraction of sp³-hybridized carbons (Fsp3) is 1.00. The summed E-state index contributed by atoms with van der Waals surface area (Å²) in [5, 5.41) is 80.9. The topological polar surface area (TPSA) is 199 Å². The van der Waals surface area contributed by atoms with E-state index in [2.05, 4.69) is 13.8 Å². The highest BCUT2D eigenvalue weighted by Crippen LogP contribution is 2.67. The van der Waals surface area contributed by atoms with Gasteiger partial charge in [0.15, 0.2) is 12.6 Å². The molecule has 0 aromatic heterocycles. The first-order valence-electron chi connectivity index (χ1n) is 16.3. The van der Waals surface area contributed by atoms with Gasteiger partial charge >= 0.3 is 0 Å². The summed E-state index contributed by atoms with van der Waals surface area (Å²) >= 11 is 0. The summed E-state index contributed by atoms with van der Waals surface area (Å²) in [6, 6.07) is 0. The van der Waals surface area contributed by atoms with Gasteiger partial charge in [-0.15, -0.1) is 0 Å². The molecule has 8 N–H and O–H groups in total. The van der Waals surface area contributed by atoms with Crippen molar-refractivity contribution in [2.75, 3.05) is 13.2 Å². The average Bonchev–Trinajstić information content (AvgIpc) is 3.33. The van der Waals surface area contributed by atoms with Crippen molar-refractivity contribution < 1.29 is 59.8 Å². The predicted octanol–water partition coefficient (Wildman–Crippen LogP) is -0.601. The standard InChI is InChI=1S/C31H52O12/c1-30-9-7-15(40-28-26(38)24(36)22(34)19(12-32)41-28)11-14(30)3-4-16-17-5-6-21(31(17,2)10-8-18(16)30)43-29-27(39)25(37)23(35)20(13-33)42-29/h14-29,32-39H,3-13H2,1-2H3/t14-,15-,16-,17-,18-,19+,20+,21-,22+,23+,24-,25-,26-,27-,28-,29+,30-,31-/m0/s1. The molecule has 12 heteroatoms. The highest BCUT2D eigenvalue weighted by atomic mass is 16.7. The number of fused-ring (bicyclic) bond motifs is 5. The van der Waals surface area contributed by atoms with Crippen molar-refractivity contribution in [3.8, 4) is 0 Å². The molecule has 2 aliphatic heterocycles. The van der Waals surface area contributed by atoms with Crippen LogP contribution in [0, 0.1) is 34.5 Å². The molecule has 4 saturated carbocycles. The second-order valence-corrected chi connectivity index (χ2v) is 14.8. The quantitative estimate of drug-likeness (QED) is 0.177. The molecule has 248 valence electrons. The van der Waals surface area contributed by atoms with E-state index >= 15 is 0 Å². The number of ether oxygens (including phenoxy) is 4. The van der Waals surface area contributed by atoms with Crippen LogP contribution in [-0.4, -0.2) is 128 Å². The molecule has 0 bridgehead atoms. The van der Waals surface area contributed by atoms with Crippen LogP contribution in [0.25, 0.3) is 0 Å². The lowest BCUT2D eigenvalue weighted by Crippen LogP contribution is -2.61. The van der Waals surface area contributed by atoms with E-state index in [-0.39, 0.29) is 23.0 Å². The van der Waals surface area contributed by atoms with Gasteiger partial charge in [0.1, 0.15) is 48.8 Å². The van der Waals surface area contributed by atoms with Gasteiger partial charge in [-0.2, -0.15) is 0 Å². The summed E-state index contributed by atoms with van der Waals surface area (Å²) in [6.45, 7) is 3.76. The van der Waals surface area contributed by atoms with Crippen LogP contribution in [0.4, 0.5) is 0 Å². The normalized spacial score (nSPS) is 57.1. The summed E-state index contributed by atoms with van der Waals surface area (Å²) in [6.07, 6.45) is -4.31. The molecule has 0 aromatic carbocycles. The Morgan fingerprint density at radius 1 is 0.605 bits per heavy atom. The number of hydrogen-bond acceptors (Lipinski definition) is 12. The highest BCUT2D eigenvalue weighted by Gasteiger charge is 2.61. The van der Waals surface area contributed by atoms with Crippen molar-refractivity contribution in [2.45, 2.75) is 145 Å². The highest BCUT2D eigenvalue weighted by molar-refractivity contribution is 5.10. The largest absolute Gasteiger partial charge is 0.394 e. The Morgan fingerprint density at radius 3 is 1.77 bits per heavy atom. The predicted molar refractivity (Wildman–Crippen MR) is 149 cm³/mol. The number of hydrogen-bond donors (Lipinski definition) is 8. The summed E-state index contributed by atoms with van der Waals surface area (Å²) in [5.41, 5.74) is 0.0439. The lowest BCUT2D eigenvalue weighted by Gasteiger charge is -2.61. The Hall–Kier alpha value is -0.480. The van der Waals surface area contributed by atoms with Crippen molar-refractivity contribution in [1.29, 1.82) is 0 Å². The van der Waals surface area contributed by atoms with Gasteiger partial charge in [0, 0.05) is 0 Å². The van der Waals surface area contributed by atoms with Crippen LogP contribution in [0.15, 0.2) is 0 Å². The molecule has 6 aliphatic rings. The van der Waals surface area contributed by atoms with E-state index in [0.717, 1.165) is 57.8 Å². The molecule has 6 fully saturated rings. The molecule has 2 heterocycles. The van der Waals surface area contributed by atoms with E-state index in [1.807, 2.05) is 0 Å². The van der Waals surface area contributed by atoms with Gasteiger partial charge in [-0.3, -0.25) is 0 Å². The van der Waals surface area contributed by atoms with Crippen molar-refractivity contribution in [1.82, 2.24) is 0 Å². The first-order valence-corrected chi connectivity index (χ1v) is 16.3. The van der Waals surface area contributed by atoms with Gasteiger partial charge < -0.3 is 59.8 Å². The van der Waals surface area contributed by atoms with Crippen molar-refractivity contribution >= 4 is 0 Å². The van der Waals surface area contributed by atoms with Gasteiger partial charge in [0.05, 0.1) is 25.4 Å². The monoisotopic (exact) mass is 616 g/mol. The Kier molecular flexibility index (Phi) is 9.27.